The summed E-state index contributed by atoms with van der Waals surface area (Å²) in [6.07, 6.45) is 7.97. The van der Waals surface area contributed by atoms with Gasteiger partial charge in [0.25, 0.3) is 0 Å². The van der Waals surface area contributed by atoms with Crippen LogP contribution in [0.3, 0.4) is 0 Å². The summed E-state index contributed by atoms with van der Waals surface area (Å²) < 4.78 is 5.57. The first-order valence-electron chi connectivity index (χ1n) is 9.47. The van der Waals surface area contributed by atoms with E-state index in [1.54, 1.807) is 4.90 Å². The van der Waals surface area contributed by atoms with Gasteiger partial charge >= 0.3 is 6.03 Å². The second-order valence-corrected chi connectivity index (χ2v) is 7.09. The summed E-state index contributed by atoms with van der Waals surface area (Å²) in [5.41, 5.74) is 0.719. The maximum atomic E-state index is 12.5. The number of ether oxygens (including phenoxy) is 1. The number of amides is 2. The predicted molar refractivity (Wildman–Crippen MR) is 100 cm³/mol. The topological polar surface area (TPSA) is 54.8 Å². The number of benzene rings is 1. The molecule has 1 aromatic carbocycles. The van der Waals surface area contributed by atoms with Crippen molar-refractivity contribution in [2.45, 2.75) is 57.2 Å². The Bertz CT molecular complexity index is 590. The van der Waals surface area contributed by atoms with Gasteiger partial charge in [-0.2, -0.15) is 0 Å². The van der Waals surface area contributed by atoms with Crippen molar-refractivity contribution in [2.75, 3.05) is 18.5 Å². The normalized spacial score (nSPS) is 28.0. The average molecular weight is 344 g/mol. The molecule has 1 aromatic rings. The van der Waals surface area contributed by atoms with Crippen molar-refractivity contribution in [1.29, 1.82) is 0 Å². The molecule has 2 fully saturated rings. The molecule has 5 nitrogen and oxygen atoms in total. The number of fused-ring (bicyclic) bond motifs is 2. The van der Waals surface area contributed by atoms with Crippen LogP contribution in [0, 0.1) is 0 Å². The zero-order valence-electron chi connectivity index (χ0n) is 15.1. The number of para-hydroxylation sites is 2. The molecule has 0 spiro atoms. The van der Waals surface area contributed by atoms with Crippen LogP contribution in [-0.2, 0) is 0 Å². The molecule has 5 heteroatoms. The molecule has 2 amide bonds. The van der Waals surface area contributed by atoms with Crippen LogP contribution >= 0.6 is 0 Å². The first-order chi connectivity index (χ1) is 12.2. The monoisotopic (exact) mass is 344 g/mol. The maximum absolute atomic E-state index is 12.5. The van der Waals surface area contributed by atoms with Gasteiger partial charge < -0.3 is 20.3 Å². The molecule has 2 saturated heterocycles. The number of quaternary nitrogens is 1. The van der Waals surface area contributed by atoms with Crippen LogP contribution in [0.15, 0.2) is 36.9 Å². The Labute approximate surface area is 150 Å². The number of hydrogen-bond donors (Lipinski definition) is 3. The second-order valence-electron chi connectivity index (χ2n) is 7.09. The van der Waals surface area contributed by atoms with Crippen LogP contribution in [0.25, 0.3) is 0 Å². The minimum absolute atomic E-state index is 0.137. The molecule has 3 rings (SSSR count). The molecule has 2 unspecified atom stereocenters. The molecule has 2 bridgehead atoms. The summed E-state index contributed by atoms with van der Waals surface area (Å²) in [5, 5.41) is 6.13. The van der Waals surface area contributed by atoms with Gasteiger partial charge in [-0.15, -0.1) is 0 Å². The van der Waals surface area contributed by atoms with E-state index in [0.717, 1.165) is 25.1 Å². The zero-order valence-corrected chi connectivity index (χ0v) is 15.1. The van der Waals surface area contributed by atoms with Gasteiger partial charge in [-0.05, 0) is 44.4 Å². The fraction of sp³-hybridized carbons (Fsp3) is 0.550. The lowest BCUT2D eigenvalue weighted by Crippen LogP contribution is -3.21. The number of hydrogen-bond acceptors (Lipinski definition) is 2. The average Bonchev–Trinajstić information content (AvgIpc) is 2.58. The summed E-state index contributed by atoms with van der Waals surface area (Å²) in [7, 11) is 0. The number of urea groups is 1. The van der Waals surface area contributed by atoms with E-state index in [4.69, 9.17) is 4.74 Å². The number of piperidine rings is 2. The Balaban J connectivity index is 1.58. The molecule has 0 aliphatic carbocycles. The molecular formula is C20H30N3O2+. The Morgan fingerprint density at radius 1 is 1.32 bits per heavy atom. The standard InChI is InChI=1S/C20H29N3O2/c1-3-12-23-16-8-7-9-17(23)14-15(13-16)21-20(24)22-18-10-5-6-11-19(18)25-4-2/h3,5-6,10-11,15-17H,1,4,7-9,12-14H2,2H3,(H2,21,22,24)/p+1/t15?,16-,17+. The second kappa shape index (κ2) is 8.39. The lowest BCUT2D eigenvalue weighted by molar-refractivity contribution is -0.955. The Hall–Kier alpha value is -2.01. The summed E-state index contributed by atoms with van der Waals surface area (Å²) in [6, 6.07) is 8.97. The van der Waals surface area contributed by atoms with Crippen molar-refractivity contribution in [3.8, 4) is 5.75 Å². The number of rotatable bonds is 6. The third kappa shape index (κ3) is 4.34. The van der Waals surface area contributed by atoms with Crippen molar-refractivity contribution in [2.24, 2.45) is 0 Å². The molecule has 0 saturated carbocycles. The van der Waals surface area contributed by atoms with Crippen LogP contribution in [-0.4, -0.2) is 37.3 Å². The Morgan fingerprint density at radius 2 is 2.04 bits per heavy atom. The van der Waals surface area contributed by atoms with Crippen molar-refractivity contribution < 1.29 is 14.4 Å². The highest BCUT2D eigenvalue weighted by molar-refractivity contribution is 5.91. The minimum atomic E-state index is -0.137. The largest absolute Gasteiger partial charge is 0.492 e. The maximum Gasteiger partial charge on any atom is 0.319 e. The molecule has 25 heavy (non-hydrogen) atoms. The lowest BCUT2D eigenvalue weighted by Gasteiger charge is -2.45. The van der Waals surface area contributed by atoms with Gasteiger partial charge in [0, 0.05) is 18.9 Å². The van der Waals surface area contributed by atoms with Gasteiger partial charge in [0.1, 0.15) is 5.75 Å². The zero-order chi connectivity index (χ0) is 17.6. The SMILES string of the molecule is C=CC[NH+]1[C@@H]2CCC[C@H]1CC(NC(=O)Nc1ccccc1OCC)C2. The summed E-state index contributed by atoms with van der Waals surface area (Å²) in [4.78, 5) is 14.1. The number of carbonyl (C=O) groups is 1. The quantitative estimate of drug-likeness (QED) is 0.694. The first-order valence-corrected chi connectivity index (χ1v) is 9.47. The van der Waals surface area contributed by atoms with E-state index in [2.05, 4.69) is 17.2 Å². The van der Waals surface area contributed by atoms with Crippen molar-refractivity contribution in [3.63, 3.8) is 0 Å². The molecule has 3 N–H and O–H groups in total. The highest BCUT2D eigenvalue weighted by Crippen LogP contribution is 2.25. The minimum Gasteiger partial charge on any atom is -0.492 e. The summed E-state index contributed by atoms with van der Waals surface area (Å²) >= 11 is 0. The fourth-order valence-electron chi connectivity index (χ4n) is 4.45. The highest BCUT2D eigenvalue weighted by Gasteiger charge is 2.41. The molecule has 136 valence electrons. The molecule has 2 aliphatic heterocycles. The molecule has 2 aliphatic rings. The number of carbonyl (C=O) groups excluding carboxylic acids is 1. The number of anilines is 1. The van der Waals surface area contributed by atoms with Gasteiger partial charge in [0.2, 0.25) is 0 Å². The predicted octanol–water partition coefficient (Wildman–Crippen LogP) is 2.36. The Kier molecular flexibility index (Phi) is 5.97. The third-order valence-electron chi connectivity index (χ3n) is 5.44. The van der Waals surface area contributed by atoms with Gasteiger partial charge in [-0.1, -0.05) is 18.7 Å². The van der Waals surface area contributed by atoms with Crippen molar-refractivity contribution in [3.05, 3.63) is 36.9 Å². The highest BCUT2D eigenvalue weighted by atomic mass is 16.5. The van der Waals surface area contributed by atoms with Crippen LogP contribution < -0.4 is 20.3 Å². The fourth-order valence-corrected chi connectivity index (χ4v) is 4.45. The van der Waals surface area contributed by atoms with E-state index >= 15 is 0 Å². The summed E-state index contributed by atoms with van der Waals surface area (Å²) in [6.45, 7) is 7.46. The van der Waals surface area contributed by atoms with E-state index in [-0.39, 0.29) is 12.1 Å². The molecular weight excluding hydrogens is 314 g/mol. The number of nitrogens with one attached hydrogen (secondary N) is 3. The van der Waals surface area contributed by atoms with Gasteiger partial charge in [-0.3, -0.25) is 0 Å². The third-order valence-corrected chi connectivity index (χ3v) is 5.44. The van der Waals surface area contributed by atoms with Gasteiger partial charge in [-0.25, -0.2) is 4.79 Å². The lowest BCUT2D eigenvalue weighted by atomic mass is 9.82. The van der Waals surface area contributed by atoms with Crippen LogP contribution in [0.5, 0.6) is 5.75 Å². The van der Waals surface area contributed by atoms with E-state index in [1.165, 1.54) is 19.3 Å². The van der Waals surface area contributed by atoms with E-state index in [1.807, 2.05) is 37.3 Å². The first kappa shape index (κ1) is 17.8. The molecule has 0 aromatic heterocycles. The van der Waals surface area contributed by atoms with Crippen LogP contribution in [0.2, 0.25) is 0 Å². The van der Waals surface area contributed by atoms with E-state index in [0.29, 0.717) is 24.4 Å². The van der Waals surface area contributed by atoms with Gasteiger partial charge in [0.15, 0.2) is 0 Å². The molecule has 4 atom stereocenters. The smallest absolute Gasteiger partial charge is 0.319 e. The van der Waals surface area contributed by atoms with E-state index in [9.17, 15) is 4.79 Å². The van der Waals surface area contributed by atoms with Crippen molar-refractivity contribution in [1.82, 2.24) is 5.32 Å². The van der Waals surface area contributed by atoms with Gasteiger partial charge in [0.05, 0.1) is 30.9 Å². The molecule has 0 radical (unpaired) electrons. The van der Waals surface area contributed by atoms with Crippen LogP contribution in [0.4, 0.5) is 10.5 Å². The van der Waals surface area contributed by atoms with Crippen LogP contribution in [0.1, 0.15) is 39.0 Å². The van der Waals surface area contributed by atoms with E-state index < -0.39 is 0 Å². The molecule has 2 heterocycles. The Morgan fingerprint density at radius 3 is 2.72 bits per heavy atom. The van der Waals surface area contributed by atoms with Crippen molar-refractivity contribution >= 4 is 11.7 Å². The summed E-state index contributed by atoms with van der Waals surface area (Å²) in [5.74, 6) is 0.710.